The Morgan fingerprint density at radius 2 is 1.21 bits per heavy atom. The zero-order chi connectivity index (χ0) is 25.6. The molecule has 2 aromatic heterocycles. The maximum absolute atomic E-state index is 5.34. The smallest absolute Gasteiger partial charge is 0.0787 e. The molecule has 0 N–H and O–H groups in total. The highest BCUT2D eigenvalue weighted by Gasteiger charge is 2.17. The summed E-state index contributed by atoms with van der Waals surface area (Å²) in [6.07, 6.45) is 6.06. The van der Waals surface area contributed by atoms with Crippen molar-refractivity contribution in [1.82, 2.24) is 9.97 Å². The third-order valence-electron chi connectivity index (χ3n) is 6.57. The molecule has 0 radical (unpaired) electrons. The van der Waals surface area contributed by atoms with Crippen LogP contribution >= 0.6 is 0 Å². The summed E-state index contributed by atoms with van der Waals surface area (Å²) in [5.74, 6) is 0. The van der Waals surface area contributed by atoms with Gasteiger partial charge in [0.1, 0.15) is 0 Å². The van der Waals surface area contributed by atoms with E-state index >= 15 is 0 Å². The lowest BCUT2D eigenvalue weighted by Gasteiger charge is -2.17. The minimum atomic E-state index is 0.907. The Bertz CT molecular complexity index is 1720. The van der Waals surface area contributed by atoms with E-state index in [-0.39, 0.29) is 0 Å². The number of aromatic nitrogens is 2. The van der Waals surface area contributed by atoms with Crippen LogP contribution in [-0.4, -0.2) is 9.97 Å². The molecule has 6 aromatic rings. The lowest BCUT2D eigenvalue weighted by atomic mass is 9.90. The fourth-order valence-electron chi connectivity index (χ4n) is 4.77. The molecule has 0 aliphatic heterocycles. The minimum Gasteiger partial charge on any atom is -0.257 e. The van der Waals surface area contributed by atoms with Crippen LogP contribution in [0.5, 0.6) is 0 Å². The summed E-state index contributed by atoms with van der Waals surface area (Å²) in [7, 11) is 0. The zero-order valence-corrected chi connectivity index (χ0v) is 20.9. The van der Waals surface area contributed by atoms with E-state index in [0.29, 0.717) is 0 Å². The van der Waals surface area contributed by atoms with Crippen molar-refractivity contribution < 1.29 is 0 Å². The lowest BCUT2D eigenvalue weighted by molar-refractivity contribution is 1.29. The van der Waals surface area contributed by atoms with Crippen LogP contribution in [0.15, 0.2) is 152 Å². The highest BCUT2D eigenvalue weighted by atomic mass is 14.7. The van der Waals surface area contributed by atoms with Crippen LogP contribution in [0.2, 0.25) is 0 Å². The SMILES string of the molecule is C(=Cc1ccccn1)/C(=C(/c1ccccc1)c1cc2ccccc2c(-c2ccccc2)n1)c1ccccc1. The molecular formula is C36H26N2. The molecule has 0 fully saturated rings. The molecule has 0 aliphatic rings. The maximum atomic E-state index is 5.34. The predicted octanol–water partition coefficient (Wildman–Crippen LogP) is 8.97. The molecule has 0 atom stereocenters. The summed E-state index contributed by atoms with van der Waals surface area (Å²) < 4.78 is 0. The first-order valence-corrected chi connectivity index (χ1v) is 12.8. The number of pyridine rings is 2. The molecule has 0 unspecified atom stereocenters. The molecule has 0 spiro atoms. The molecule has 180 valence electrons. The van der Waals surface area contributed by atoms with Gasteiger partial charge in [0.15, 0.2) is 0 Å². The van der Waals surface area contributed by atoms with E-state index in [1.807, 2.05) is 36.5 Å². The van der Waals surface area contributed by atoms with Crippen LogP contribution in [0.1, 0.15) is 22.5 Å². The summed E-state index contributed by atoms with van der Waals surface area (Å²) in [5.41, 5.74) is 8.31. The zero-order valence-electron chi connectivity index (χ0n) is 20.9. The Balaban J connectivity index is 1.68. The molecule has 0 saturated carbocycles. The van der Waals surface area contributed by atoms with Crippen LogP contribution < -0.4 is 0 Å². The van der Waals surface area contributed by atoms with Crippen LogP contribution in [0.4, 0.5) is 0 Å². The fourth-order valence-corrected chi connectivity index (χ4v) is 4.77. The van der Waals surface area contributed by atoms with Gasteiger partial charge in [-0.2, -0.15) is 0 Å². The van der Waals surface area contributed by atoms with Crippen molar-refractivity contribution in [3.63, 3.8) is 0 Å². The number of nitrogens with zero attached hydrogens (tertiary/aromatic N) is 2. The first-order chi connectivity index (χ1) is 18.9. The van der Waals surface area contributed by atoms with Crippen molar-refractivity contribution in [3.05, 3.63) is 174 Å². The van der Waals surface area contributed by atoms with Crippen molar-refractivity contribution in [2.45, 2.75) is 0 Å². The van der Waals surface area contributed by atoms with E-state index in [1.54, 1.807) is 0 Å². The standard InChI is InChI=1S/C36H26N2/c1-4-14-27(15-5-1)32(24-23-31-21-12-13-25-37-31)35(28-16-6-2-7-17-28)34-26-30-20-10-11-22-33(30)36(38-34)29-18-8-3-9-19-29/h1-26H/b24-23?,35-32+. The van der Waals surface area contributed by atoms with E-state index in [9.17, 15) is 0 Å². The summed E-state index contributed by atoms with van der Waals surface area (Å²) in [6.45, 7) is 0. The Morgan fingerprint density at radius 1 is 0.579 bits per heavy atom. The third kappa shape index (κ3) is 4.93. The summed E-state index contributed by atoms with van der Waals surface area (Å²) in [5, 5.41) is 2.30. The van der Waals surface area contributed by atoms with Crippen LogP contribution in [0.25, 0.3) is 39.3 Å². The van der Waals surface area contributed by atoms with Crippen molar-refractivity contribution in [2.75, 3.05) is 0 Å². The Labute approximate surface area is 223 Å². The van der Waals surface area contributed by atoms with Gasteiger partial charge < -0.3 is 0 Å². The molecule has 0 saturated heterocycles. The van der Waals surface area contributed by atoms with Gasteiger partial charge in [0.05, 0.1) is 17.1 Å². The van der Waals surface area contributed by atoms with Crippen molar-refractivity contribution in [3.8, 4) is 11.3 Å². The van der Waals surface area contributed by atoms with Crippen LogP contribution in [-0.2, 0) is 0 Å². The van der Waals surface area contributed by atoms with E-state index in [1.165, 1.54) is 0 Å². The van der Waals surface area contributed by atoms with Gasteiger partial charge >= 0.3 is 0 Å². The molecule has 4 aromatic carbocycles. The molecule has 2 nitrogen and oxygen atoms in total. The molecule has 0 amide bonds. The van der Waals surface area contributed by atoms with E-state index in [4.69, 9.17) is 4.98 Å². The summed E-state index contributed by atoms with van der Waals surface area (Å²) in [4.78, 5) is 9.86. The average molecular weight is 487 g/mol. The third-order valence-corrected chi connectivity index (χ3v) is 6.57. The largest absolute Gasteiger partial charge is 0.257 e. The molecule has 0 aliphatic carbocycles. The number of hydrogen-bond acceptors (Lipinski definition) is 2. The van der Waals surface area contributed by atoms with Gasteiger partial charge in [-0.1, -0.05) is 127 Å². The highest BCUT2D eigenvalue weighted by Crippen LogP contribution is 2.36. The van der Waals surface area contributed by atoms with Gasteiger partial charge in [0.2, 0.25) is 0 Å². The predicted molar refractivity (Wildman–Crippen MR) is 159 cm³/mol. The number of benzene rings is 4. The van der Waals surface area contributed by atoms with Crippen molar-refractivity contribution in [1.29, 1.82) is 0 Å². The number of fused-ring (bicyclic) bond motifs is 1. The van der Waals surface area contributed by atoms with Gasteiger partial charge in [-0.3, -0.25) is 4.98 Å². The number of hydrogen-bond donors (Lipinski definition) is 0. The van der Waals surface area contributed by atoms with Crippen molar-refractivity contribution >= 4 is 28.0 Å². The second kappa shape index (κ2) is 10.9. The molecule has 2 heteroatoms. The summed E-state index contributed by atoms with van der Waals surface area (Å²) in [6, 6.07) is 48.1. The molecule has 0 bridgehead atoms. The number of allylic oxidation sites excluding steroid dienone is 2. The fraction of sp³-hybridized carbons (Fsp3) is 0. The topological polar surface area (TPSA) is 25.8 Å². The quantitative estimate of drug-likeness (QED) is 0.173. The van der Waals surface area contributed by atoms with Crippen LogP contribution in [0.3, 0.4) is 0 Å². The Hall–Kier alpha value is -5.08. The second-order valence-corrected chi connectivity index (χ2v) is 9.05. The molecule has 2 heterocycles. The monoisotopic (exact) mass is 486 g/mol. The summed E-state index contributed by atoms with van der Waals surface area (Å²) >= 11 is 0. The van der Waals surface area contributed by atoms with Gasteiger partial charge in [0, 0.05) is 22.7 Å². The first-order valence-electron chi connectivity index (χ1n) is 12.8. The van der Waals surface area contributed by atoms with Gasteiger partial charge in [-0.25, -0.2) is 4.98 Å². The highest BCUT2D eigenvalue weighted by molar-refractivity contribution is 6.05. The second-order valence-electron chi connectivity index (χ2n) is 9.05. The molecular weight excluding hydrogens is 460 g/mol. The van der Waals surface area contributed by atoms with E-state index in [2.05, 4.69) is 126 Å². The van der Waals surface area contributed by atoms with Crippen LogP contribution in [0, 0.1) is 0 Å². The van der Waals surface area contributed by atoms with E-state index < -0.39 is 0 Å². The Morgan fingerprint density at radius 3 is 1.92 bits per heavy atom. The lowest BCUT2D eigenvalue weighted by Crippen LogP contribution is -1.99. The van der Waals surface area contributed by atoms with E-state index in [0.717, 1.165) is 55.7 Å². The van der Waals surface area contributed by atoms with Crippen molar-refractivity contribution in [2.24, 2.45) is 0 Å². The number of rotatable bonds is 6. The van der Waals surface area contributed by atoms with Gasteiger partial charge in [0.25, 0.3) is 0 Å². The maximum Gasteiger partial charge on any atom is 0.0787 e. The van der Waals surface area contributed by atoms with Gasteiger partial charge in [-0.15, -0.1) is 0 Å². The normalized spacial score (nSPS) is 12.0. The minimum absolute atomic E-state index is 0.907. The Kier molecular flexibility index (Phi) is 6.69. The average Bonchev–Trinajstić information content (AvgIpc) is 3.00. The molecule has 38 heavy (non-hydrogen) atoms. The first kappa shape index (κ1) is 23.3. The van der Waals surface area contributed by atoms with Gasteiger partial charge in [-0.05, 0) is 46.4 Å². The molecule has 6 rings (SSSR count).